The summed E-state index contributed by atoms with van der Waals surface area (Å²) in [4.78, 5) is 18.9. The first-order valence-corrected chi connectivity index (χ1v) is 9.25. The van der Waals surface area contributed by atoms with Crippen LogP contribution in [0.15, 0.2) is 89.6 Å². The van der Waals surface area contributed by atoms with E-state index in [4.69, 9.17) is 27.9 Å². The van der Waals surface area contributed by atoms with Crippen LogP contribution in [-0.4, -0.2) is 11.9 Å². The summed E-state index contributed by atoms with van der Waals surface area (Å²) < 4.78 is 5.89. The van der Waals surface area contributed by atoms with Gasteiger partial charge < -0.3 is 4.74 Å². The maximum Gasteiger partial charge on any atom is 0.310 e. The average Bonchev–Trinajstić information content (AvgIpc) is 3.00. The lowest BCUT2D eigenvalue weighted by Gasteiger charge is -2.18. The van der Waals surface area contributed by atoms with E-state index in [1.807, 2.05) is 30.3 Å². The Balaban J connectivity index is 1.73. The summed E-state index contributed by atoms with van der Waals surface area (Å²) in [6, 6.07) is 23.4. The standard InChI is InChI=1S/C22H14Cl2N2O2/c23-16-6-10-18(11-7-16)26-21(27)20(14-15-4-2-1-3-5-15)25-22(26)28-19-12-8-17(24)9-13-19/h1-14H/b20-14+. The molecule has 3 aromatic carbocycles. The maximum atomic E-state index is 13.1. The zero-order chi connectivity index (χ0) is 19.5. The zero-order valence-corrected chi connectivity index (χ0v) is 16.1. The van der Waals surface area contributed by atoms with Gasteiger partial charge in [-0.3, -0.25) is 4.79 Å². The number of carbonyl (C=O) groups is 1. The van der Waals surface area contributed by atoms with Gasteiger partial charge >= 0.3 is 6.02 Å². The Morgan fingerprint density at radius 3 is 2.07 bits per heavy atom. The first-order chi connectivity index (χ1) is 13.6. The van der Waals surface area contributed by atoms with Crippen LogP contribution < -0.4 is 9.64 Å². The highest BCUT2D eigenvalue weighted by molar-refractivity contribution is 6.31. The van der Waals surface area contributed by atoms with E-state index < -0.39 is 0 Å². The summed E-state index contributed by atoms with van der Waals surface area (Å²) in [5, 5.41) is 1.17. The van der Waals surface area contributed by atoms with Crippen LogP contribution in [0.1, 0.15) is 5.56 Å². The lowest BCUT2D eigenvalue weighted by molar-refractivity contribution is -0.113. The third-order valence-electron chi connectivity index (χ3n) is 4.04. The number of aliphatic imine (C=N–C) groups is 1. The largest absolute Gasteiger partial charge is 0.425 e. The molecule has 1 amide bonds. The van der Waals surface area contributed by atoms with Crippen LogP contribution in [0.5, 0.6) is 5.75 Å². The molecule has 6 heteroatoms. The van der Waals surface area contributed by atoms with Gasteiger partial charge in [-0.05, 0) is 60.2 Å². The van der Waals surface area contributed by atoms with E-state index >= 15 is 0 Å². The van der Waals surface area contributed by atoms with Crippen LogP contribution in [0.3, 0.4) is 0 Å². The van der Waals surface area contributed by atoms with Crippen molar-refractivity contribution in [1.29, 1.82) is 0 Å². The molecule has 0 atom stereocenters. The molecule has 138 valence electrons. The third-order valence-corrected chi connectivity index (χ3v) is 4.54. The number of anilines is 1. The second-order valence-corrected chi connectivity index (χ2v) is 6.88. The van der Waals surface area contributed by atoms with Crippen LogP contribution in [0.2, 0.25) is 10.0 Å². The highest BCUT2D eigenvalue weighted by Crippen LogP contribution is 2.28. The molecule has 0 saturated heterocycles. The van der Waals surface area contributed by atoms with Crippen LogP contribution in [0, 0.1) is 0 Å². The molecule has 0 aromatic heterocycles. The minimum absolute atomic E-state index is 0.164. The summed E-state index contributed by atoms with van der Waals surface area (Å²) in [6.07, 6.45) is 1.73. The molecule has 1 heterocycles. The molecule has 3 aromatic rings. The average molecular weight is 409 g/mol. The molecular formula is C22H14Cl2N2O2. The fourth-order valence-corrected chi connectivity index (χ4v) is 2.95. The monoisotopic (exact) mass is 408 g/mol. The van der Waals surface area contributed by atoms with Crippen molar-refractivity contribution in [3.8, 4) is 5.75 Å². The Bertz CT molecular complexity index is 1060. The molecule has 0 bridgehead atoms. The Hall–Kier alpha value is -3.08. The number of hydrogen-bond donors (Lipinski definition) is 0. The van der Waals surface area contributed by atoms with Crippen LogP contribution in [-0.2, 0) is 4.79 Å². The minimum atomic E-state index is -0.282. The van der Waals surface area contributed by atoms with Crippen LogP contribution >= 0.6 is 23.2 Å². The molecule has 0 saturated carbocycles. The predicted molar refractivity (Wildman–Crippen MR) is 113 cm³/mol. The number of rotatable bonds is 3. The molecule has 1 aliphatic heterocycles. The third kappa shape index (κ3) is 3.93. The summed E-state index contributed by atoms with van der Waals surface area (Å²) in [7, 11) is 0. The Morgan fingerprint density at radius 1 is 0.821 bits per heavy atom. The van der Waals surface area contributed by atoms with Gasteiger partial charge in [-0.25, -0.2) is 4.90 Å². The van der Waals surface area contributed by atoms with E-state index in [1.165, 1.54) is 4.90 Å². The van der Waals surface area contributed by atoms with E-state index in [1.54, 1.807) is 54.6 Å². The molecule has 0 aliphatic carbocycles. The highest BCUT2D eigenvalue weighted by atomic mass is 35.5. The van der Waals surface area contributed by atoms with Gasteiger partial charge in [0.25, 0.3) is 5.91 Å². The van der Waals surface area contributed by atoms with Crippen molar-refractivity contribution in [2.75, 3.05) is 4.90 Å². The lowest BCUT2D eigenvalue weighted by atomic mass is 10.2. The normalized spacial score (nSPS) is 15.1. The van der Waals surface area contributed by atoms with Gasteiger partial charge in [0.2, 0.25) is 0 Å². The van der Waals surface area contributed by atoms with Crippen LogP contribution in [0.25, 0.3) is 6.08 Å². The van der Waals surface area contributed by atoms with Crippen molar-refractivity contribution in [1.82, 2.24) is 0 Å². The van der Waals surface area contributed by atoms with Gasteiger partial charge in [-0.2, -0.15) is 4.99 Å². The Morgan fingerprint density at radius 2 is 1.43 bits per heavy atom. The number of amides is 1. The van der Waals surface area contributed by atoms with Crippen molar-refractivity contribution in [3.63, 3.8) is 0 Å². The summed E-state index contributed by atoms with van der Waals surface area (Å²) in [5.74, 6) is 0.242. The topological polar surface area (TPSA) is 41.9 Å². The zero-order valence-electron chi connectivity index (χ0n) is 14.5. The lowest BCUT2D eigenvalue weighted by Crippen LogP contribution is -2.35. The number of hydrogen-bond acceptors (Lipinski definition) is 3. The van der Waals surface area contributed by atoms with Crippen molar-refractivity contribution >= 4 is 46.9 Å². The van der Waals surface area contributed by atoms with Crippen molar-refractivity contribution in [2.24, 2.45) is 4.99 Å². The fourth-order valence-electron chi connectivity index (χ4n) is 2.70. The smallest absolute Gasteiger partial charge is 0.310 e. The molecule has 0 spiro atoms. The van der Waals surface area contributed by atoms with Crippen LogP contribution in [0.4, 0.5) is 5.69 Å². The number of ether oxygens (including phenoxy) is 1. The van der Waals surface area contributed by atoms with E-state index in [2.05, 4.69) is 4.99 Å². The van der Waals surface area contributed by atoms with Gasteiger partial charge in [0.15, 0.2) is 0 Å². The van der Waals surface area contributed by atoms with Crippen molar-refractivity contribution < 1.29 is 9.53 Å². The number of halogens is 2. The molecule has 4 nitrogen and oxygen atoms in total. The van der Waals surface area contributed by atoms with Gasteiger partial charge in [0.05, 0.1) is 5.69 Å². The summed E-state index contributed by atoms with van der Waals surface area (Å²) >= 11 is 11.9. The Labute approximate surface area is 172 Å². The summed E-state index contributed by atoms with van der Waals surface area (Å²) in [6.45, 7) is 0. The molecule has 4 rings (SSSR count). The van der Waals surface area contributed by atoms with E-state index in [-0.39, 0.29) is 17.6 Å². The molecular weight excluding hydrogens is 395 g/mol. The molecule has 1 aliphatic rings. The van der Waals surface area contributed by atoms with E-state index in [0.29, 0.717) is 21.5 Å². The maximum absolute atomic E-state index is 13.1. The number of carbonyl (C=O) groups excluding carboxylic acids is 1. The first-order valence-electron chi connectivity index (χ1n) is 8.49. The predicted octanol–water partition coefficient (Wildman–Crippen LogP) is 5.82. The van der Waals surface area contributed by atoms with Gasteiger partial charge in [0, 0.05) is 10.0 Å². The number of benzene rings is 3. The quantitative estimate of drug-likeness (QED) is 0.512. The summed E-state index contributed by atoms with van der Waals surface area (Å²) in [5.41, 5.74) is 1.77. The fraction of sp³-hybridized carbons (Fsp3) is 0. The minimum Gasteiger partial charge on any atom is -0.425 e. The molecule has 0 fully saturated rings. The van der Waals surface area contributed by atoms with Gasteiger partial charge in [0.1, 0.15) is 11.4 Å². The number of nitrogens with zero attached hydrogens (tertiary/aromatic N) is 2. The van der Waals surface area contributed by atoms with Gasteiger partial charge in [-0.1, -0.05) is 53.5 Å². The molecule has 0 radical (unpaired) electrons. The highest BCUT2D eigenvalue weighted by Gasteiger charge is 2.33. The molecule has 0 unspecified atom stereocenters. The van der Waals surface area contributed by atoms with Crippen molar-refractivity contribution in [2.45, 2.75) is 0 Å². The molecule has 28 heavy (non-hydrogen) atoms. The first kappa shape index (κ1) is 18.3. The van der Waals surface area contributed by atoms with E-state index in [0.717, 1.165) is 5.56 Å². The molecule has 0 N–H and O–H groups in total. The second kappa shape index (κ2) is 7.89. The van der Waals surface area contributed by atoms with Crippen molar-refractivity contribution in [3.05, 3.63) is 100 Å². The Kier molecular flexibility index (Phi) is 5.15. The SMILES string of the molecule is O=C1/C(=C\c2ccccc2)N=C(Oc2ccc(Cl)cc2)N1c1ccc(Cl)cc1. The van der Waals surface area contributed by atoms with E-state index in [9.17, 15) is 4.79 Å². The second-order valence-electron chi connectivity index (χ2n) is 6.01. The number of amidine groups is 1. The van der Waals surface area contributed by atoms with Gasteiger partial charge in [-0.15, -0.1) is 0 Å².